The standard InChI is InChI=1S/C12H16FNO3S/c1-7-6-14-11(13)5-9(7)12(17)10(16)3-4-18-8(2)15/h5-6,10,12,16-17H,3-4H2,1-2H3. The number of aryl methyl sites for hydroxylation is 1. The van der Waals surface area contributed by atoms with Crippen LogP contribution in [0.25, 0.3) is 0 Å². The minimum Gasteiger partial charge on any atom is -0.390 e. The van der Waals surface area contributed by atoms with Crippen LogP contribution in [0.3, 0.4) is 0 Å². The zero-order chi connectivity index (χ0) is 13.7. The van der Waals surface area contributed by atoms with E-state index in [1.165, 1.54) is 13.1 Å². The fourth-order valence-electron chi connectivity index (χ4n) is 1.52. The largest absolute Gasteiger partial charge is 0.390 e. The van der Waals surface area contributed by atoms with Crippen LogP contribution < -0.4 is 0 Å². The molecule has 0 saturated heterocycles. The van der Waals surface area contributed by atoms with Gasteiger partial charge in [0.25, 0.3) is 0 Å². The molecular weight excluding hydrogens is 257 g/mol. The summed E-state index contributed by atoms with van der Waals surface area (Å²) in [5, 5.41) is 19.7. The van der Waals surface area contributed by atoms with Crippen molar-refractivity contribution in [2.45, 2.75) is 32.5 Å². The van der Waals surface area contributed by atoms with Gasteiger partial charge in [-0.05, 0) is 30.5 Å². The topological polar surface area (TPSA) is 70.4 Å². The number of aliphatic hydroxyl groups excluding tert-OH is 2. The summed E-state index contributed by atoms with van der Waals surface area (Å²) in [5.41, 5.74) is 0.935. The van der Waals surface area contributed by atoms with Gasteiger partial charge in [-0.1, -0.05) is 11.8 Å². The summed E-state index contributed by atoms with van der Waals surface area (Å²) in [5.74, 6) is -0.278. The number of aliphatic hydroxyl groups is 2. The molecule has 0 spiro atoms. The smallest absolute Gasteiger partial charge is 0.213 e. The van der Waals surface area contributed by atoms with Crippen LogP contribution in [0, 0.1) is 12.9 Å². The maximum absolute atomic E-state index is 13.0. The van der Waals surface area contributed by atoms with E-state index in [9.17, 15) is 19.4 Å². The van der Waals surface area contributed by atoms with Crippen molar-refractivity contribution in [2.75, 3.05) is 5.75 Å². The molecule has 0 radical (unpaired) electrons. The summed E-state index contributed by atoms with van der Waals surface area (Å²) in [6.45, 7) is 3.12. The molecule has 1 rings (SSSR count). The Morgan fingerprint density at radius 3 is 2.83 bits per heavy atom. The molecule has 18 heavy (non-hydrogen) atoms. The molecule has 2 unspecified atom stereocenters. The highest BCUT2D eigenvalue weighted by molar-refractivity contribution is 8.13. The summed E-state index contributed by atoms with van der Waals surface area (Å²) in [6.07, 6.45) is -0.632. The molecule has 0 aromatic carbocycles. The lowest BCUT2D eigenvalue weighted by atomic mass is 10.00. The van der Waals surface area contributed by atoms with E-state index in [1.807, 2.05) is 0 Å². The maximum atomic E-state index is 13.0. The Morgan fingerprint density at radius 2 is 2.22 bits per heavy atom. The van der Waals surface area contributed by atoms with E-state index in [0.29, 0.717) is 16.9 Å². The Bertz CT molecular complexity index is 428. The van der Waals surface area contributed by atoms with Crippen molar-refractivity contribution in [3.05, 3.63) is 29.3 Å². The van der Waals surface area contributed by atoms with Gasteiger partial charge in [0.05, 0.1) is 6.10 Å². The number of pyridine rings is 1. The molecule has 1 heterocycles. The Hall–Kier alpha value is -0.980. The predicted molar refractivity (Wildman–Crippen MR) is 67.7 cm³/mol. The average molecular weight is 273 g/mol. The van der Waals surface area contributed by atoms with Crippen LogP contribution in [-0.4, -0.2) is 32.2 Å². The summed E-state index contributed by atoms with van der Waals surface area (Å²) in [7, 11) is 0. The van der Waals surface area contributed by atoms with E-state index >= 15 is 0 Å². The maximum Gasteiger partial charge on any atom is 0.213 e. The second kappa shape index (κ2) is 6.82. The van der Waals surface area contributed by atoms with Crippen LogP contribution in [0.15, 0.2) is 12.3 Å². The second-order valence-corrected chi connectivity index (χ2v) is 5.28. The Labute approximate surface area is 109 Å². The van der Waals surface area contributed by atoms with E-state index in [4.69, 9.17) is 0 Å². The molecule has 2 atom stereocenters. The van der Waals surface area contributed by atoms with Crippen molar-refractivity contribution >= 4 is 16.9 Å². The number of thioether (sulfide) groups is 1. The Kier molecular flexibility index (Phi) is 5.71. The number of carbonyl (C=O) groups is 1. The third kappa shape index (κ3) is 4.36. The van der Waals surface area contributed by atoms with Crippen molar-refractivity contribution < 1.29 is 19.4 Å². The van der Waals surface area contributed by atoms with Crippen molar-refractivity contribution in [1.82, 2.24) is 4.98 Å². The van der Waals surface area contributed by atoms with E-state index in [2.05, 4.69) is 4.98 Å². The highest BCUT2D eigenvalue weighted by Gasteiger charge is 2.20. The van der Waals surface area contributed by atoms with Crippen molar-refractivity contribution in [3.63, 3.8) is 0 Å². The molecule has 1 aromatic heterocycles. The van der Waals surface area contributed by atoms with Gasteiger partial charge in [0.15, 0.2) is 5.12 Å². The lowest BCUT2D eigenvalue weighted by Crippen LogP contribution is -2.20. The third-order valence-electron chi connectivity index (χ3n) is 2.51. The molecule has 100 valence electrons. The van der Waals surface area contributed by atoms with Crippen LogP contribution >= 0.6 is 11.8 Å². The molecule has 4 nitrogen and oxygen atoms in total. The third-order valence-corrected chi connectivity index (χ3v) is 3.36. The molecule has 2 N–H and O–H groups in total. The molecule has 0 amide bonds. The van der Waals surface area contributed by atoms with E-state index in [0.717, 1.165) is 17.8 Å². The van der Waals surface area contributed by atoms with Crippen LogP contribution in [0.5, 0.6) is 0 Å². The summed E-state index contributed by atoms with van der Waals surface area (Å²) in [6, 6.07) is 1.11. The zero-order valence-electron chi connectivity index (χ0n) is 10.3. The first-order valence-electron chi connectivity index (χ1n) is 5.53. The molecule has 6 heteroatoms. The number of aromatic nitrogens is 1. The lowest BCUT2D eigenvalue weighted by Gasteiger charge is -2.19. The minimum absolute atomic E-state index is 0.0391. The highest BCUT2D eigenvalue weighted by Crippen LogP contribution is 2.23. The summed E-state index contributed by atoms with van der Waals surface area (Å²) < 4.78 is 13.0. The Morgan fingerprint density at radius 1 is 1.56 bits per heavy atom. The van der Waals surface area contributed by atoms with Gasteiger partial charge in [0.2, 0.25) is 5.95 Å². The number of hydrogen-bond donors (Lipinski definition) is 2. The van der Waals surface area contributed by atoms with Gasteiger partial charge >= 0.3 is 0 Å². The fraction of sp³-hybridized carbons (Fsp3) is 0.500. The quantitative estimate of drug-likeness (QED) is 0.797. The summed E-state index contributed by atoms with van der Waals surface area (Å²) in [4.78, 5) is 14.2. The minimum atomic E-state index is -1.17. The fourth-order valence-corrected chi connectivity index (χ4v) is 2.17. The highest BCUT2D eigenvalue weighted by atomic mass is 32.2. The van der Waals surface area contributed by atoms with Gasteiger partial charge in [-0.2, -0.15) is 4.39 Å². The number of nitrogens with zero attached hydrogens (tertiary/aromatic N) is 1. The van der Waals surface area contributed by atoms with Crippen LogP contribution in [0.4, 0.5) is 4.39 Å². The SMILES string of the molecule is CC(=O)SCCC(O)C(O)c1cc(F)ncc1C. The van der Waals surface area contributed by atoms with Crippen molar-refractivity contribution in [2.24, 2.45) is 0 Å². The first kappa shape index (κ1) is 15.1. The van der Waals surface area contributed by atoms with Crippen LogP contribution in [0.1, 0.15) is 30.6 Å². The van der Waals surface area contributed by atoms with Gasteiger partial charge in [-0.3, -0.25) is 4.79 Å². The Balaban J connectivity index is 2.64. The molecule has 0 aliphatic carbocycles. The molecular formula is C12H16FNO3S. The van der Waals surface area contributed by atoms with Crippen molar-refractivity contribution in [3.8, 4) is 0 Å². The molecule has 0 fully saturated rings. The van der Waals surface area contributed by atoms with Crippen molar-refractivity contribution in [1.29, 1.82) is 0 Å². The van der Waals surface area contributed by atoms with Crippen LogP contribution in [-0.2, 0) is 4.79 Å². The number of rotatable bonds is 5. The zero-order valence-corrected chi connectivity index (χ0v) is 11.1. The van der Waals surface area contributed by atoms with Gasteiger partial charge in [-0.15, -0.1) is 0 Å². The predicted octanol–water partition coefficient (Wildman–Crippen LogP) is 1.59. The van der Waals surface area contributed by atoms with Gasteiger partial charge in [0.1, 0.15) is 6.10 Å². The van der Waals surface area contributed by atoms with Crippen LogP contribution in [0.2, 0.25) is 0 Å². The van der Waals surface area contributed by atoms with Gasteiger partial charge in [-0.25, -0.2) is 4.98 Å². The first-order chi connectivity index (χ1) is 8.41. The molecule has 0 bridgehead atoms. The molecule has 1 aromatic rings. The molecule has 0 saturated carbocycles. The second-order valence-electron chi connectivity index (χ2n) is 4.00. The number of carbonyl (C=O) groups excluding carboxylic acids is 1. The average Bonchev–Trinajstić information content (AvgIpc) is 2.30. The van der Waals surface area contributed by atoms with Gasteiger partial charge in [0, 0.05) is 18.9 Å². The lowest BCUT2D eigenvalue weighted by molar-refractivity contribution is -0.109. The van der Waals surface area contributed by atoms with E-state index in [1.54, 1.807) is 6.92 Å². The van der Waals surface area contributed by atoms with E-state index in [-0.39, 0.29) is 11.5 Å². The molecule has 0 aliphatic rings. The summed E-state index contributed by atoms with van der Waals surface area (Å²) >= 11 is 1.08. The first-order valence-corrected chi connectivity index (χ1v) is 6.52. The monoisotopic (exact) mass is 273 g/mol. The molecule has 0 aliphatic heterocycles. The van der Waals surface area contributed by atoms with E-state index < -0.39 is 18.2 Å². The normalized spacial score (nSPS) is 14.3. The van der Waals surface area contributed by atoms with Gasteiger partial charge < -0.3 is 10.2 Å². The number of hydrogen-bond acceptors (Lipinski definition) is 5. The number of halogens is 1.